The van der Waals surface area contributed by atoms with Crippen LogP contribution in [-0.2, 0) is 11.3 Å². The highest BCUT2D eigenvalue weighted by Gasteiger charge is 2.59. The zero-order chi connectivity index (χ0) is 19.3. The van der Waals surface area contributed by atoms with Crippen molar-refractivity contribution in [2.75, 3.05) is 31.9 Å². The van der Waals surface area contributed by atoms with Gasteiger partial charge >= 0.3 is 0 Å². The molecule has 0 bridgehead atoms. The van der Waals surface area contributed by atoms with Crippen molar-refractivity contribution in [1.82, 2.24) is 29.4 Å². The summed E-state index contributed by atoms with van der Waals surface area (Å²) in [5.74, 6) is 1.12. The number of aromatic nitrogens is 4. The first-order valence-corrected chi connectivity index (χ1v) is 10.3. The van der Waals surface area contributed by atoms with Crippen molar-refractivity contribution in [3.05, 3.63) is 22.1 Å². The van der Waals surface area contributed by atoms with Crippen molar-refractivity contribution in [3.63, 3.8) is 0 Å². The van der Waals surface area contributed by atoms with E-state index in [1.807, 2.05) is 0 Å². The van der Waals surface area contributed by atoms with Crippen molar-refractivity contribution >= 4 is 17.6 Å². The molecule has 1 spiro atoms. The second-order valence-electron chi connectivity index (χ2n) is 8.61. The molecule has 150 valence electrons. The fourth-order valence-corrected chi connectivity index (χ4v) is 4.99. The number of amides is 1. The molecule has 3 N–H and O–H groups in total. The summed E-state index contributed by atoms with van der Waals surface area (Å²) in [7, 11) is 0. The minimum Gasteiger partial charge on any atom is -0.368 e. The van der Waals surface area contributed by atoms with Crippen LogP contribution >= 0.6 is 0 Å². The van der Waals surface area contributed by atoms with Crippen LogP contribution in [-0.4, -0.2) is 61.5 Å². The second kappa shape index (κ2) is 6.58. The summed E-state index contributed by atoms with van der Waals surface area (Å²) in [5, 5.41) is 2.68. The van der Waals surface area contributed by atoms with E-state index in [9.17, 15) is 9.59 Å². The van der Waals surface area contributed by atoms with Gasteiger partial charge in [-0.1, -0.05) is 0 Å². The molecule has 1 unspecified atom stereocenters. The topological polar surface area (TPSA) is 113 Å². The number of likely N-dealkylation sites (tertiary alicyclic amines) is 2. The first-order valence-electron chi connectivity index (χ1n) is 10.3. The van der Waals surface area contributed by atoms with Gasteiger partial charge in [0, 0.05) is 31.6 Å². The van der Waals surface area contributed by atoms with Gasteiger partial charge in [-0.3, -0.25) is 19.6 Å². The van der Waals surface area contributed by atoms with Crippen molar-refractivity contribution in [3.8, 4) is 0 Å². The number of carbonyl (C=O) groups excluding carboxylic acids is 1. The number of nitrogens with two attached hydrogens (primary N) is 1. The first-order chi connectivity index (χ1) is 13.5. The summed E-state index contributed by atoms with van der Waals surface area (Å²) in [6.45, 7) is 4.39. The Hall–Kier alpha value is -2.42. The lowest BCUT2D eigenvalue weighted by atomic mass is 9.90. The number of piperidine rings is 2. The van der Waals surface area contributed by atoms with Crippen LogP contribution in [0, 0.1) is 11.3 Å². The molecular formula is C19H27N7O2. The molecule has 0 aromatic carbocycles. The normalized spacial score (nSPS) is 24.7. The third-order valence-electron chi connectivity index (χ3n) is 6.79. The SMILES string of the molecule is Nc1nc2nc(CN3CCC4(CC3)CC4C(=O)N3CCCCC3)cc(=O)n2[nH]1. The Balaban J connectivity index is 1.20. The number of hydrogen-bond donors (Lipinski definition) is 2. The summed E-state index contributed by atoms with van der Waals surface area (Å²) in [6, 6.07) is 1.54. The fourth-order valence-electron chi connectivity index (χ4n) is 4.99. The Morgan fingerprint density at radius 2 is 1.93 bits per heavy atom. The number of nitrogen functional groups attached to an aromatic ring is 1. The molecule has 1 aliphatic carbocycles. The molecule has 9 heteroatoms. The van der Waals surface area contributed by atoms with Crippen LogP contribution in [0.2, 0.25) is 0 Å². The minimum atomic E-state index is -0.202. The molecule has 28 heavy (non-hydrogen) atoms. The van der Waals surface area contributed by atoms with Crippen LogP contribution < -0.4 is 11.3 Å². The Morgan fingerprint density at radius 1 is 1.18 bits per heavy atom. The van der Waals surface area contributed by atoms with Crippen molar-refractivity contribution < 1.29 is 4.79 Å². The lowest BCUT2D eigenvalue weighted by Gasteiger charge is -2.33. The largest absolute Gasteiger partial charge is 0.368 e. The first kappa shape index (κ1) is 17.7. The Labute approximate surface area is 162 Å². The molecule has 2 aliphatic heterocycles. The zero-order valence-electron chi connectivity index (χ0n) is 16.1. The van der Waals surface area contributed by atoms with Crippen LogP contribution in [0.4, 0.5) is 5.95 Å². The van der Waals surface area contributed by atoms with Crippen molar-refractivity contribution in [2.45, 2.75) is 45.1 Å². The maximum atomic E-state index is 12.8. The minimum absolute atomic E-state index is 0.180. The predicted octanol–water partition coefficient (Wildman–Crippen LogP) is 0.614. The molecule has 2 saturated heterocycles. The Kier molecular flexibility index (Phi) is 4.15. The molecule has 4 heterocycles. The standard InChI is InChI=1S/C19H27N7O2/c20-17-22-18-21-13(10-15(27)26(18)23-17)12-24-8-4-19(5-9-24)11-14(19)16(28)25-6-2-1-3-7-25/h10,14H,1-9,11-12H2,(H3,20,21,22,23). The highest BCUT2D eigenvalue weighted by atomic mass is 16.2. The Bertz CT molecular complexity index is 951. The van der Waals surface area contributed by atoms with Gasteiger partial charge in [-0.05, 0) is 57.0 Å². The van der Waals surface area contributed by atoms with Crippen LogP contribution in [0.1, 0.15) is 44.2 Å². The zero-order valence-corrected chi connectivity index (χ0v) is 16.1. The molecule has 2 aromatic rings. The van der Waals surface area contributed by atoms with Gasteiger partial charge in [0.05, 0.1) is 5.69 Å². The lowest BCUT2D eigenvalue weighted by molar-refractivity contribution is -0.134. The summed E-state index contributed by atoms with van der Waals surface area (Å²) >= 11 is 0. The van der Waals surface area contributed by atoms with E-state index in [0.29, 0.717) is 23.9 Å². The third kappa shape index (κ3) is 3.07. The summed E-state index contributed by atoms with van der Waals surface area (Å²) < 4.78 is 1.25. The van der Waals surface area contributed by atoms with E-state index in [1.54, 1.807) is 0 Å². The molecule has 3 fully saturated rings. The van der Waals surface area contributed by atoms with E-state index in [1.165, 1.54) is 17.0 Å². The van der Waals surface area contributed by atoms with Crippen LogP contribution in [0.5, 0.6) is 0 Å². The quantitative estimate of drug-likeness (QED) is 0.801. The number of anilines is 1. The fraction of sp³-hybridized carbons (Fsp3) is 0.684. The molecule has 5 rings (SSSR count). The maximum Gasteiger partial charge on any atom is 0.274 e. The second-order valence-corrected chi connectivity index (χ2v) is 8.61. The monoisotopic (exact) mass is 385 g/mol. The highest BCUT2D eigenvalue weighted by Crippen LogP contribution is 2.60. The third-order valence-corrected chi connectivity index (χ3v) is 6.79. The molecular weight excluding hydrogens is 358 g/mol. The van der Waals surface area contributed by atoms with Crippen LogP contribution in [0.15, 0.2) is 10.9 Å². The van der Waals surface area contributed by atoms with E-state index in [2.05, 4.69) is 24.9 Å². The molecule has 1 atom stereocenters. The highest BCUT2D eigenvalue weighted by molar-refractivity contribution is 5.82. The van der Waals surface area contributed by atoms with Gasteiger partial charge in [-0.25, -0.2) is 4.98 Å². The van der Waals surface area contributed by atoms with E-state index >= 15 is 0 Å². The average Bonchev–Trinajstić information content (AvgIpc) is 3.26. The molecule has 1 amide bonds. The summed E-state index contributed by atoms with van der Waals surface area (Å²) in [5.41, 5.74) is 6.35. The number of carbonyl (C=O) groups is 1. The average molecular weight is 385 g/mol. The number of nitrogens with one attached hydrogen (secondary N) is 1. The maximum absolute atomic E-state index is 12.8. The number of nitrogens with zero attached hydrogens (tertiary/aromatic N) is 5. The number of hydrogen-bond acceptors (Lipinski definition) is 6. The molecule has 9 nitrogen and oxygen atoms in total. The predicted molar refractivity (Wildman–Crippen MR) is 104 cm³/mol. The van der Waals surface area contributed by atoms with Gasteiger partial charge in [-0.2, -0.15) is 9.50 Å². The number of aromatic amines is 1. The van der Waals surface area contributed by atoms with Crippen molar-refractivity contribution in [2.24, 2.45) is 11.3 Å². The van der Waals surface area contributed by atoms with Crippen LogP contribution in [0.3, 0.4) is 0 Å². The molecule has 3 aliphatic rings. The van der Waals surface area contributed by atoms with Crippen LogP contribution in [0.25, 0.3) is 5.78 Å². The molecule has 2 aromatic heterocycles. The number of H-pyrrole nitrogens is 1. The molecule has 1 saturated carbocycles. The van der Waals surface area contributed by atoms with Crippen molar-refractivity contribution in [1.29, 1.82) is 0 Å². The summed E-state index contributed by atoms with van der Waals surface area (Å²) in [6.07, 6.45) is 6.70. The smallest absolute Gasteiger partial charge is 0.274 e. The van der Waals surface area contributed by atoms with E-state index < -0.39 is 0 Å². The van der Waals surface area contributed by atoms with E-state index in [4.69, 9.17) is 5.73 Å². The number of rotatable bonds is 3. The lowest BCUT2D eigenvalue weighted by Crippen LogP contribution is -2.40. The van der Waals surface area contributed by atoms with Gasteiger partial charge in [0.25, 0.3) is 11.3 Å². The van der Waals surface area contributed by atoms with Gasteiger partial charge in [-0.15, -0.1) is 0 Å². The van der Waals surface area contributed by atoms with Gasteiger partial charge < -0.3 is 10.6 Å². The van der Waals surface area contributed by atoms with E-state index in [0.717, 1.165) is 58.3 Å². The van der Waals surface area contributed by atoms with Gasteiger partial charge in [0.15, 0.2) is 0 Å². The number of fused-ring (bicyclic) bond motifs is 1. The summed E-state index contributed by atoms with van der Waals surface area (Å²) in [4.78, 5) is 37.9. The Morgan fingerprint density at radius 3 is 2.68 bits per heavy atom. The molecule has 0 radical (unpaired) electrons. The van der Waals surface area contributed by atoms with Gasteiger partial charge in [0.1, 0.15) is 0 Å². The van der Waals surface area contributed by atoms with E-state index in [-0.39, 0.29) is 22.8 Å². The van der Waals surface area contributed by atoms with Gasteiger partial charge in [0.2, 0.25) is 11.9 Å².